The highest BCUT2D eigenvalue weighted by atomic mass is 16.4. The Morgan fingerprint density at radius 1 is 0.913 bits per heavy atom. The number of carboxylic acids is 1. The number of carbonyl (C=O) groups excluding carboxylic acids is 1. The second kappa shape index (κ2) is 7.65. The van der Waals surface area contributed by atoms with Crippen LogP contribution in [-0.2, 0) is 9.59 Å². The fraction of sp³-hybridized carbons (Fsp3) is 0.0588. The van der Waals surface area contributed by atoms with Gasteiger partial charge in [-0.25, -0.2) is 4.79 Å². The van der Waals surface area contributed by atoms with Crippen molar-refractivity contribution in [1.29, 1.82) is 0 Å². The maximum absolute atomic E-state index is 11.4. The zero-order valence-electron chi connectivity index (χ0n) is 12.4. The summed E-state index contributed by atoms with van der Waals surface area (Å²) in [5, 5.41) is 19.2. The number of nitrogens with one attached hydrogen (secondary N) is 1. The smallest absolute Gasteiger partial charge is 0.328 e. The molecule has 116 valence electrons. The van der Waals surface area contributed by atoms with Gasteiger partial charge in [-0.05, 0) is 43.3 Å². The summed E-state index contributed by atoms with van der Waals surface area (Å²) in [6.07, 6.45) is 1.73. The molecule has 6 nitrogen and oxygen atoms in total. The number of carbonyl (C=O) groups is 2. The predicted octanol–water partition coefficient (Wildman–Crippen LogP) is 3.99. The number of amides is 1. The first-order valence-electron chi connectivity index (χ1n) is 6.83. The summed E-state index contributed by atoms with van der Waals surface area (Å²) in [4.78, 5) is 21.8. The first-order valence-corrected chi connectivity index (χ1v) is 6.83. The highest BCUT2D eigenvalue weighted by Gasteiger charge is 1.99. The van der Waals surface area contributed by atoms with E-state index in [2.05, 4.69) is 15.5 Å². The lowest BCUT2D eigenvalue weighted by molar-refractivity contribution is -0.131. The molecule has 2 aromatic rings. The summed E-state index contributed by atoms with van der Waals surface area (Å²) in [6.45, 7) is 2.00. The molecule has 0 atom stereocenters. The number of hydrogen-bond donors (Lipinski definition) is 2. The van der Waals surface area contributed by atoms with Crippen molar-refractivity contribution in [1.82, 2.24) is 0 Å². The van der Waals surface area contributed by atoms with Gasteiger partial charge in [0, 0.05) is 17.8 Å². The van der Waals surface area contributed by atoms with Crippen LogP contribution in [-0.4, -0.2) is 17.0 Å². The first kappa shape index (κ1) is 16.1. The van der Waals surface area contributed by atoms with E-state index in [-0.39, 0.29) is 0 Å². The van der Waals surface area contributed by atoms with E-state index in [1.165, 1.54) is 0 Å². The molecule has 2 aromatic carbocycles. The van der Waals surface area contributed by atoms with Gasteiger partial charge in [0.2, 0.25) is 5.91 Å². The van der Waals surface area contributed by atoms with Crippen LogP contribution in [0.15, 0.2) is 70.9 Å². The predicted molar refractivity (Wildman–Crippen MR) is 87.2 cm³/mol. The third-order valence-electron chi connectivity index (χ3n) is 2.83. The number of azo groups is 1. The Hall–Kier alpha value is -3.28. The monoisotopic (exact) mass is 309 g/mol. The van der Waals surface area contributed by atoms with Gasteiger partial charge in [-0.1, -0.05) is 17.7 Å². The molecule has 2 N–H and O–H groups in total. The average Bonchev–Trinajstić information content (AvgIpc) is 2.54. The fourth-order valence-electron chi connectivity index (χ4n) is 1.67. The van der Waals surface area contributed by atoms with E-state index >= 15 is 0 Å². The normalized spacial score (nSPS) is 11.0. The second-order valence-electron chi connectivity index (χ2n) is 4.74. The Morgan fingerprint density at radius 2 is 1.43 bits per heavy atom. The molecule has 0 unspecified atom stereocenters. The Bertz CT molecular complexity index is 748. The number of hydrogen-bond acceptors (Lipinski definition) is 4. The third-order valence-corrected chi connectivity index (χ3v) is 2.83. The van der Waals surface area contributed by atoms with Crippen LogP contribution < -0.4 is 5.32 Å². The lowest BCUT2D eigenvalue weighted by atomic mass is 10.2. The van der Waals surface area contributed by atoms with Crippen molar-refractivity contribution in [3.05, 3.63) is 66.2 Å². The number of anilines is 1. The van der Waals surface area contributed by atoms with Crippen molar-refractivity contribution in [2.24, 2.45) is 10.2 Å². The first-order chi connectivity index (χ1) is 11.0. The van der Waals surface area contributed by atoms with E-state index in [0.29, 0.717) is 11.4 Å². The Morgan fingerprint density at radius 3 is 1.96 bits per heavy atom. The van der Waals surface area contributed by atoms with E-state index in [0.717, 1.165) is 23.4 Å². The molecule has 0 saturated carbocycles. The number of nitrogens with zero attached hydrogens (tertiary/aromatic N) is 2. The highest BCUT2D eigenvalue weighted by molar-refractivity contribution is 6.02. The highest BCUT2D eigenvalue weighted by Crippen LogP contribution is 2.20. The molecule has 0 bridgehead atoms. The summed E-state index contributed by atoms with van der Waals surface area (Å²) >= 11 is 0. The Labute approximate surface area is 133 Å². The van der Waals surface area contributed by atoms with Crippen molar-refractivity contribution in [3.63, 3.8) is 0 Å². The molecule has 0 aliphatic rings. The molecular formula is C17H15N3O3. The fourth-order valence-corrected chi connectivity index (χ4v) is 1.67. The van der Waals surface area contributed by atoms with Gasteiger partial charge in [-0.3, -0.25) is 4.79 Å². The molecular weight excluding hydrogens is 294 g/mol. The minimum Gasteiger partial charge on any atom is -0.478 e. The molecule has 0 fully saturated rings. The molecule has 2 rings (SSSR count). The van der Waals surface area contributed by atoms with Crippen LogP contribution in [0.25, 0.3) is 0 Å². The van der Waals surface area contributed by atoms with E-state index in [1.54, 1.807) is 24.3 Å². The number of aryl methyl sites for hydroxylation is 1. The largest absolute Gasteiger partial charge is 0.478 e. The number of carboxylic acid groups (broad SMARTS) is 1. The minimum atomic E-state index is -1.17. The number of rotatable bonds is 5. The molecule has 6 heteroatoms. The van der Waals surface area contributed by atoms with Gasteiger partial charge in [0.05, 0.1) is 11.4 Å². The van der Waals surface area contributed by atoms with E-state index in [9.17, 15) is 9.59 Å². The van der Waals surface area contributed by atoms with E-state index < -0.39 is 11.9 Å². The average molecular weight is 309 g/mol. The molecule has 0 saturated heterocycles. The minimum absolute atomic E-state index is 0.513. The van der Waals surface area contributed by atoms with Gasteiger partial charge >= 0.3 is 5.97 Å². The molecule has 0 spiro atoms. The van der Waals surface area contributed by atoms with Gasteiger partial charge in [0.15, 0.2) is 0 Å². The summed E-state index contributed by atoms with van der Waals surface area (Å²) in [7, 11) is 0. The molecule has 0 aromatic heterocycles. The standard InChI is InChI=1S/C17H15N3O3/c1-12-2-4-14(5-3-12)19-20-15-8-6-13(7-9-15)18-16(21)10-11-17(22)23/h2-11H,1H3,(H,18,21)(H,22,23)/b11-10-,20-19?. The van der Waals surface area contributed by atoms with Crippen LogP contribution in [0.4, 0.5) is 17.1 Å². The lowest BCUT2D eigenvalue weighted by Crippen LogP contribution is -2.08. The summed E-state index contributed by atoms with van der Waals surface area (Å²) in [5.41, 5.74) is 3.09. The number of benzene rings is 2. The van der Waals surface area contributed by atoms with Crippen LogP contribution in [0.3, 0.4) is 0 Å². The summed E-state index contributed by atoms with van der Waals surface area (Å²) in [6, 6.07) is 14.4. The van der Waals surface area contributed by atoms with Crippen LogP contribution in [0, 0.1) is 6.92 Å². The third kappa shape index (κ3) is 5.55. The van der Waals surface area contributed by atoms with Crippen LogP contribution in [0.5, 0.6) is 0 Å². The quantitative estimate of drug-likeness (QED) is 0.646. The molecule has 0 aliphatic heterocycles. The van der Waals surface area contributed by atoms with Crippen molar-refractivity contribution in [3.8, 4) is 0 Å². The van der Waals surface area contributed by atoms with Crippen molar-refractivity contribution in [2.45, 2.75) is 6.92 Å². The maximum Gasteiger partial charge on any atom is 0.328 e. The van der Waals surface area contributed by atoms with Gasteiger partial charge in [-0.2, -0.15) is 10.2 Å². The van der Waals surface area contributed by atoms with E-state index in [4.69, 9.17) is 5.11 Å². The zero-order valence-corrected chi connectivity index (χ0v) is 12.4. The second-order valence-corrected chi connectivity index (χ2v) is 4.74. The van der Waals surface area contributed by atoms with Crippen LogP contribution >= 0.6 is 0 Å². The van der Waals surface area contributed by atoms with Crippen molar-refractivity contribution in [2.75, 3.05) is 5.32 Å². The molecule has 1 amide bonds. The van der Waals surface area contributed by atoms with Crippen LogP contribution in [0.1, 0.15) is 5.56 Å². The summed E-state index contributed by atoms with van der Waals surface area (Å²) < 4.78 is 0. The van der Waals surface area contributed by atoms with E-state index in [1.807, 2.05) is 31.2 Å². The topological polar surface area (TPSA) is 91.1 Å². The maximum atomic E-state index is 11.4. The molecule has 0 heterocycles. The van der Waals surface area contributed by atoms with Gasteiger partial charge in [0.25, 0.3) is 0 Å². The lowest BCUT2D eigenvalue weighted by Gasteiger charge is -2.01. The van der Waals surface area contributed by atoms with Crippen molar-refractivity contribution >= 4 is 28.9 Å². The van der Waals surface area contributed by atoms with Crippen molar-refractivity contribution < 1.29 is 14.7 Å². The van der Waals surface area contributed by atoms with Gasteiger partial charge in [0.1, 0.15) is 0 Å². The molecule has 0 aliphatic carbocycles. The molecule has 23 heavy (non-hydrogen) atoms. The van der Waals surface area contributed by atoms with Gasteiger partial charge < -0.3 is 10.4 Å². The SMILES string of the molecule is Cc1ccc(N=Nc2ccc(NC(=O)/C=C\C(=O)O)cc2)cc1. The van der Waals surface area contributed by atoms with Crippen LogP contribution in [0.2, 0.25) is 0 Å². The van der Waals surface area contributed by atoms with Gasteiger partial charge in [-0.15, -0.1) is 0 Å². The molecule has 0 radical (unpaired) electrons. The summed E-state index contributed by atoms with van der Waals surface area (Å²) in [5.74, 6) is -1.69. The Kier molecular flexibility index (Phi) is 5.35. The number of aliphatic carboxylic acids is 1. The Balaban J connectivity index is 1.98. The zero-order chi connectivity index (χ0) is 16.7.